The number of nitrogens with zero attached hydrogens (tertiary/aromatic N) is 4. The molecule has 0 saturated carbocycles. The van der Waals surface area contributed by atoms with Gasteiger partial charge in [0.25, 0.3) is 5.92 Å². The van der Waals surface area contributed by atoms with Gasteiger partial charge >= 0.3 is 5.69 Å². The summed E-state index contributed by atoms with van der Waals surface area (Å²) in [6.07, 6.45) is 1.30. The van der Waals surface area contributed by atoms with E-state index in [-0.39, 0.29) is 17.5 Å². The van der Waals surface area contributed by atoms with Crippen LogP contribution in [0.25, 0.3) is 21.9 Å². The van der Waals surface area contributed by atoms with Gasteiger partial charge in [-0.15, -0.1) is 0 Å². The van der Waals surface area contributed by atoms with Crippen molar-refractivity contribution in [1.82, 2.24) is 19.0 Å². The Bertz CT molecular complexity index is 1140. The molecule has 4 rings (SSSR count). The van der Waals surface area contributed by atoms with Gasteiger partial charge in [-0.2, -0.15) is 0 Å². The summed E-state index contributed by atoms with van der Waals surface area (Å²) in [6.45, 7) is -2.94. The van der Waals surface area contributed by atoms with Gasteiger partial charge in [0.05, 0.1) is 29.3 Å². The third-order valence-electron chi connectivity index (χ3n) is 4.73. The minimum absolute atomic E-state index is 0.0188. The number of piperidine rings is 1. The number of alkyl halides is 2. The lowest BCUT2D eigenvalue weighted by Gasteiger charge is -2.37. The summed E-state index contributed by atoms with van der Waals surface area (Å²) in [5.41, 5.74) is -0.297. The Hall–Kier alpha value is -1.80. The highest BCUT2D eigenvalue weighted by molar-refractivity contribution is 9.10. The van der Waals surface area contributed by atoms with Gasteiger partial charge in [-0.25, -0.2) is 13.6 Å². The summed E-state index contributed by atoms with van der Waals surface area (Å²) in [4.78, 5) is 18.8. The average Bonchev–Trinajstić information content (AvgIpc) is 2.86. The summed E-state index contributed by atoms with van der Waals surface area (Å²) >= 11 is 3.35. The first-order chi connectivity index (χ1) is 13.0. The second-order valence-corrected chi connectivity index (χ2v) is 7.36. The molecule has 2 aromatic heterocycles. The second-order valence-electron chi connectivity index (χ2n) is 6.44. The lowest BCUT2D eigenvalue weighted by Crippen LogP contribution is -2.49. The van der Waals surface area contributed by atoms with Gasteiger partial charge in [0.1, 0.15) is 6.04 Å². The molecule has 0 amide bonds. The fraction of sp³-hybridized carbons (Fsp3) is 0.412. The zero-order valence-corrected chi connectivity index (χ0v) is 14.9. The largest absolute Gasteiger partial charge is 0.329 e. The van der Waals surface area contributed by atoms with E-state index in [0.717, 1.165) is 4.57 Å². The molecule has 1 atom stereocenters. The molecule has 0 spiro atoms. The van der Waals surface area contributed by atoms with Crippen LogP contribution in [0.4, 0.5) is 8.78 Å². The summed E-state index contributed by atoms with van der Waals surface area (Å²) in [6, 6.07) is 3.66. The van der Waals surface area contributed by atoms with Crippen LogP contribution >= 0.6 is 15.9 Å². The van der Waals surface area contributed by atoms with Crippen LogP contribution in [0.2, 0.25) is 0 Å². The number of fused-ring (bicyclic) bond motifs is 3. The van der Waals surface area contributed by atoms with Crippen molar-refractivity contribution in [3.8, 4) is 0 Å². The lowest BCUT2D eigenvalue weighted by atomic mass is 10.0. The fourth-order valence-corrected chi connectivity index (χ4v) is 3.93. The molecule has 0 aliphatic carbocycles. The molecule has 1 aliphatic rings. The average molecular weight is 414 g/mol. The van der Waals surface area contributed by atoms with Gasteiger partial charge in [0.15, 0.2) is 0 Å². The highest BCUT2D eigenvalue weighted by atomic mass is 79.9. The number of aryl methyl sites for hydroxylation is 1. The number of hydrogen-bond acceptors (Lipinski definition) is 3. The van der Waals surface area contributed by atoms with Crippen molar-refractivity contribution >= 4 is 37.9 Å². The van der Waals surface area contributed by atoms with E-state index in [2.05, 4.69) is 20.9 Å². The van der Waals surface area contributed by atoms with Crippen LogP contribution in [0.5, 0.6) is 0 Å². The Morgan fingerprint density at radius 2 is 2.24 bits per heavy atom. The van der Waals surface area contributed by atoms with E-state index in [1.165, 1.54) is 11.1 Å². The highest BCUT2D eigenvalue weighted by Gasteiger charge is 2.46. The van der Waals surface area contributed by atoms with Crippen LogP contribution in [0.3, 0.4) is 0 Å². The van der Waals surface area contributed by atoms with Crippen LogP contribution in [0, 0.1) is 0 Å². The quantitative estimate of drug-likeness (QED) is 0.615. The van der Waals surface area contributed by atoms with Crippen LogP contribution in [0.15, 0.2) is 33.7 Å². The van der Waals surface area contributed by atoms with Gasteiger partial charge in [-0.3, -0.25) is 14.1 Å². The Morgan fingerprint density at radius 1 is 1.44 bits per heavy atom. The number of likely N-dealkylation sites (tertiary alicyclic amines) is 1. The topological polar surface area (TPSA) is 43.1 Å². The summed E-state index contributed by atoms with van der Waals surface area (Å²) in [5.74, 6) is -3.19. The van der Waals surface area contributed by atoms with E-state index in [4.69, 9.17) is 4.11 Å². The predicted octanol–water partition coefficient (Wildman–Crippen LogP) is 3.16. The van der Waals surface area contributed by atoms with E-state index >= 15 is 0 Å². The first-order valence-corrected chi connectivity index (χ1v) is 8.58. The number of pyridine rings is 1. The van der Waals surface area contributed by atoms with Crippen molar-refractivity contribution < 1.29 is 12.9 Å². The molecule has 5 nitrogen and oxygen atoms in total. The molecule has 1 saturated heterocycles. The Balaban J connectivity index is 2.14. The molecule has 0 radical (unpaired) electrons. The molecule has 3 heterocycles. The van der Waals surface area contributed by atoms with Crippen molar-refractivity contribution in [2.75, 3.05) is 20.1 Å². The molecular formula is C17H17BrF2N4O. The van der Waals surface area contributed by atoms with Crippen molar-refractivity contribution in [3.05, 3.63) is 39.4 Å². The van der Waals surface area contributed by atoms with Crippen molar-refractivity contribution in [2.24, 2.45) is 6.98 Å². The van der Waals surface area contributed by atoms with Crippen LogP contribution < -0.4 is 5.69 Å². The zero-order valence-electron chi connectivity index (χ0n) is 16.3. The minimum atomic E-state index is -3.19. The normalized spacial score (nSPS) is 23.5. The van der Waals surface area contributed by atoms with Gasteiger partial charge < -0.3 is 4.90 Å². The fourth-order valence-electron chi connectivity index (χ4n) is 3.57. The minimum Gasteiger partial charge on any atom is -0.300 e. The zero-order chi connectivity index (χ0) is 20.4. The number of hydrogen-bond donors (Lipinski definition) is 0. The number of aromatic nitrogens is 3. The molecule has 132 valence electrons. The first-order valence-electron chi connectivity index (χ1n) is 9.29. The Kier molecular flexibility index (Phi) is 3.01. The molecule has 1 fully saturated rings. The lowest BCUT2D eigenvalue weighted by molar-refractivity contribution is -0.0977. The van der Waals surface area contributed by atoms with E-state index in [9.17, 15) is 13.6 Å². The van der Waals surface area contributed by atoms with E-state index in [1.54, 1.807) is 25.2 Å². The maximum absolute atomic E-state index is 14.9. The van der Waals surface area contributed by atoms with Gasteiger partial charge in [-0.1, -0.05) is 15.9 Å². The number of benzene rings is 1. The number of halogens is 3. The Labute approximate surface area is 155 Å². The summed E-state index contributed by atoms with van der Waals surface area (Å²) in [5, 5.41) is 0.446. The van der Waals surface area contributed by atoms with Crippen LogP contribution in [-0.2, 0) is 6.98 Å². The van der Waals surface area contributed by atoms with Crippen molar-refractivity contribution in [1.29, 1.82) is 0 Å². The van der Waals surface area contributed by atoms with Crippen LogP contribution in [-0.4, -0.2) is 45.1 Å². The molecule has 25 heavy (non-hydrogen) atoms. The van der Waals surface area contributed by atoms with E-state index < -0.39 is 31.2 Å². The van der Waals surface area contributed by atoms with E-state index in [0.29, 0.717) is 26.5 Å². The molecule has 1 aromatic carbocycles. The Morgan fingerprint density at radius 3 is 2.96 bits per heavy atom. The number of rotatable bonds is 1. The standard InChI is InChI=1S/C17H17BrF2N4O/c1-22-6-5-14(17(19,20)9-22)24-15-11-7-10(18)3-4-12(11)21-8-13(15)23(2)16(24)25/h3-4,7-8,14H,5-6,9H2,1-2H3/i2D3. The molecule has 1 unspecified atom stereocenters. The second kappa shape index (κ2) is 5.60. The molecule has 8 heteroatoms. The monoisotopic (exact) mass is 413 g/mol. The maximum atomic E-state index is 14.9. The molecule has 0 N–H and O–H groups in total. The molecular weight excluding hydrogens is 394 g/mol. The van der Waals surface area contributed by atoms with Gasteiger partial charge in [0, 0.05) is 27.5 Å². The summed E-state index contributed by atoms with van der Waals surface area (Å²) < 4.78 is 55.3. The highest BCUT2D eigenvalue weighted by Crippen LogP contribution is 2.38. The molecule has 0 bridgehead atoms. The SMILES string of the molecule is [2H]C([2H])([2H])n1c(=O)n(C2CCN(C)CC2(F)F)c2c3cc(Br)ccc3ncc21. The molecule has 1 aliphatic heterocycles. The maximum Gasteiger partial charge on any atom is 0.329 e. The van der Waals surface area contributed by atoms with Gasteiger partial charge in [0.2, 0.25) is 0 Å². The predicted molar refractivity (Wildman–Crippen MR) is 96.3 cm³/mol. The molecule has 3 aromatic rings. The third kappa shape index (κ3) is 2.50. The first kappa shape index (κ1) is 13.4. The summed E-state index contributed by atoms with van der Waals surface area (Å²) in [7, 11) is 1.59. The van der Waals surface area contributed by atoms with E-state index in [1.807, 2.05) is 0 Å². The smallest absolute Gasteiger partial charge is 0.300 e. The van der Waals surface area contributed by atoms with Crippen molar-refractivity contribution in [3.63, 3.8) is 0 Å². The van der Waals surface area contributed by atoms with Crippen molar-refractivity contribution in [2.45, 2.75) is 18.4 Å². The number of imidazole rings is 1. The van der Waals surface area contributed by atoms with Gasteiger partial charge in [-0.05, 0) is 31.7 Å². The van der Waals surface area contributed by atoms with Crippen LogP contribution in [0.1, 0.15) is 16.6 Å². The third-order valence-corrected chi connectivity index (χ3v) is 5.22.